The van der Waals surface area contributed by atoms with Crippen LogP contribution in [0.4, 0.5) is 0 Å². The molecule has 5 nitrogen and oxygen atoms in total. The number of fused-ring (bicyclic) bond motifs is 1. The molecule has 0 amide bonds. The molecular weight excluding hydrogens is 284 g/mol. The molecule has 0 saturated heterocycles. The predicted octanol–water partition coefficient (Wildman–Crippen LogP) is 2.85. The number of carboxylic acids is 1. The Bertz CT molecular complexity index is 579. The monoisotopic (exact) mass is 296 g/mol. The predicted molar refractivity (Wildman–Crippen MR) is 70.7 cm³/mol. The van der Waals surface area contributed by atoms with Gasteiger partial charge in [0.25, 0.3) is 0 Å². The van der Waals surface area contributed by atoms with Gasteiger partial charge in [-0.2, -0.15) is 0 Å². The maximum atomic E-state index is 11.1. The summed E-state index contributed by atoms with van der Waals surface area (Å²) in [4.78, 5) is 22.1. The first-order valence-corrected chi connectivity index (χ1v) is 6.78. The zero-order valence-corrected chi connectivity index (χ0v) is 11.4. The van der Waals surface area contributed by atoms with Gasteiger partial charge in [-0.15, -0.1) is 0 Å². The fourth-order valence-corrected chi connectivity index (χ4v) is 3.05. The molecule has 1 aliphatic carbocycles. The molecule has 1 aliphatic heterocycles. The summed E-state index contributed by atoms with van der Waals surface area (Å²) in [5, 5.41) is 9.46. The van der Waals surface area contributed by atoms with Crippen molar-refractivity contribution >= 4 is 23.9 Å². The third-order valence-corrected chi connectivity index (χ3v) is 4.06. The number of ether oxygens (including phenoxy) is 2. The Hall–Kier alpha value is -1.75. The zero-order chi connectivity index (χ0) is 14.3. The van der Waals surface area contributed by atoms with E-state index in [1.54, 1.807) is 0 Å². The van der Waals surface area contributed by atoms with E-state index in [0.717, 1.165) is 12.8 Å². The maximum absolute atomic E-state index is 11.1. The van der Waals surface area contributed by atoms with Gasteiger partial charge in [-0.05, 0) is 24.8 Å². The third-order valence-electron chi connectivity index (χ3n) is 3.74. The van der Waals surface area contributed by atoms with Crippen molar-refractivity contribution in [1.29, 1.82) is 0 Å². The minimum absolute atomic E-state index is 0.000618. The highest BCUT2D eigenvalue weighted by atomic mass is 35.5. The topological polar surface area (TPSA) is 72.8 Å². The Morgan fingerprint density at radius 1 is 1.45 bits per heavy atom. The molecule has 1 atom stereocenters. The van der Waals surface area contributed by atoms with Crippen molar-refractivity contribution in [3.05, 3.63) is 22.2 Å². The Balaban J connectivity index is 2.10. The van der Waals surface area contributed by atoms with Crippen LogP contribution in [-0.2, 0) is 4.79 Å². The molecule has 0 radical (unpaired) electrons. The zero-order valence-electron chi connectivity index (χ0n) is 10.6. The number of hydrogen-bond acceptors (Lipinski definition) is 4. The lowest BCUT2D eigenvalue weighted by Gasteiger charge is -2.18. The number of carbonyl (C=O) groups is 2. The van der Waals surface area contributed by atoms with E-state index in [1.807, 2.05) is 0 Å². The standard InChI is InChI=1S/C14H13ClO5/c15-10-3-8(5-16)13-14(20-6-19-13)12(10)9(4-11(17)18)7-1-2-7/h3,5,7,9H,1-2,4,6H2,(H,17,18). The Morgan fingerprint density at radius 2 is 2.15 bits per heavy atom. The van der Waals surface area contributed by atoms with Crippen LogP contribution in [0.3, 0.4) is 0 Å². The van der Waals surface area contributed by atoms with E-state index in [2.05, 4.69) is 0 Å². The van der Waals surface area contributed by atoms with Gasteiger partial charge in [0.05, 0.1) is 12.0 Å². The summed E-state index contributed by atoms with van der Waals surface area (Å²) in [6.45, 7) is 0.0218. The minimum atomic E-state index is -0.870. The average molecular weight is 297 g/mol. The first kappa shape index (κ1) is 13.2. The molecule has 1 unspecified atom stereocenters. The molecule has 0 spiro atoms. The van der Waals surface area contributed by atoms with Gasteiger partial charge < -0.3 is 14.6 Å². The summed E-state index contributed by atoms with van der Waals surface area (Å²) in [7, 11) is 0. The Labute approximate surface area is 120 Å². The number of hydrogen-bond donors (Lipinski definition) is 1. The van der Waals surface area contributed by atoms with Crippen molar-refractivity contribution < 1.29 is 24.2 Å². The summed E-state index contributed by atoms with van der Waals surface area (Å²) < 4.78 is 10.7. The van der Waals surface area contributed by atoms with E-state index in [9.17, 15) is 9.59 Å². The highest BCUT2D eigenvalue weighted by Crippen LogP contribution is 2.53. The van der Waals surface area contributed by atoms with Crippen LogP contribution >= 0.6 is 11.6 Å². The number of carbonyl (C=O) groups excluding carboxylic acids is 1. The van der Waals surface area contributed by atoms with Gasteiger partial charge in [-0.1, -0.05) is 11.6 Å². The van der Waals surface area contributed by atoms with Crippen LogP contribution in [-0.4, -0.2) is 24.2 Å². The lowest BCUT2D eigenvalue weighted by molar-refractivity contribution is -0.137. The first-order valence-electron chi connectivity index (χ1n) is 6.40. The SMILES string of the molecule is O=Cc1cc(Cl)c(C(CC(=O)O)C2CC2)c2c1OCO2. The van der Waals surface area contributed by atoms with E-state index in [0.29, 0.717) is 39.9 Å². The molecule has 20 heavy (non-hydrogen) atoms. The number of aldehydes is 1. The van der Waals surface area contributed by atoms with Crippen LogP contribution < -0.4 is 9.47 Å². The van der Waals surface area contributed by atoms with Gasteiger partial charge in [0.1, 0.15) is 0 Å². The van der Waals surface area contributed by atoms with Crippen LogP contribution in [0.25, 0.3) is 0 Å². The lowest BCUT2D eigenvalue weighted by Crippen LogP contribution is -2.10. The summed E-state index contributed by atoms with van der Waals surface area (Å²) in [6, 6.07) is 1.52. The molecular formula is C14H13ClO5. The van der Waals surface area contributed by atoms with E-state index in [1.165, 1.54) is 6.07 Å². The fourth-order valence-electron chi connectivity index (χ4n) is 2.71. The average Bonchev–Trinajstić information content (AvgIpc) is 3.13. The molecule has 1 N–H and O–H groups in total. The van der Waals surface area contributed by atoms with Crippen molar-refractivity contribution in [3.8, 4) is 11.5 Å². The summed E-state index contributed by atoms with van der Waals surface area (Å²) >= 11 is 6.25. The lowest BCUT2D eigenvalue weighted by atomic mass is 9.89. The number of halogens is 1. The van der Waals surface area contributed by atoms with Gasteiger partial charge in [0.2, 0.25) is 6.79 Å². The molecule has 6 heteroatoms. The molecule has 106 valence electrons. The normalized spacial score (nSPS) is 17.9. The molecule has 1 fully saturated rings. The second-order valence-corrected chi connectivity index (χ2v) is 5.49. The summed E-state index contributed by atoms with van der Waals surface area (Å²) in [5.41, 5.74) is 0.991. The molecule has 0 bridgehead atoms. The van der Waals surface area contributed by atoms with Crippen molar-refractivity contribution in [2.75, 3.05) is 6.79 Å². The van der Waals surface area contributed by atoms with Gasteiger partial charge in [0, 0.05) is 16.5 Å². The van der Waals surface area contributed by atoms with E-state index in [4.69, 9.17) is 26.2 Å². The van der Waals surface area contributed by atoms with Crippen LogP contribution in [0.2, 0.25) is 5.02 Å². The third kappa shape index (κ3) is 2.22. The Kier molecular flexibility index (Phi) is 3.30. The first-order chi connectivity index (χ1) is 9.61. The molecule has 1 aromatic carbocycles. The fraction of sp³-hybridized carbons (Fsp3) is 0.429. The second kappa shape index (κ2) is 4.98. The molecule has 3 rings (SSSR count). The van der Waals surface area contributed by atoms with E-state index in [-0.39, 0.29) is 19.1 Å². The molecule has 1 heterocycles. The van der Waals surface area contributed by atoms with Crippen LogP contribution in [0.15, 0.2) is 6.07 Å². The molecule has 2 aliphatic rings. The van der Waals surface area contributed by atoms with Crippen LogP contribution in [0, 0.1) is 5.92 Å². The number of benzene rings is 1. The highest BCUT2D eigenvalue weighted by molar-refractivity contribution is 6.32. The molecule has 1 saturated carbocycles. The number of carboxylic acid groups (broad SMARTS) is 1. The van der Waals surface area contributed by atoms with Gasteiger partial charge in [-0.25, -0.2) is 0 Å². The summed E-state index contributed by atoms with van der Waals surface area (Å²) in [6.07, 6.45) is 2.63. The van der Waals surface area contributed by atoms with Crippen LogP contribution in [0.1, 0.15) is 41.1 Å². The minimum Gasteiger partial charge on any atom is -0.481 e. The maximum Gasteiger partial charge on any atom is 0.303 e. The van der Waals surface area contributed by atoms with Gasteiger partial charge in [-0.3, -0.25) is 9.59 Å². The van der Waals surface area contributed by atoms with Crippen molar-refractivity contribution in [3.63, 3.8) is 0 Å². The van der Waals surface area contributed by atoms with Crippen molar-refractivity contribution in [2.45, 2.75) is 25.2 Å². The van der Waals surface area contributed by atoms with Crippen molar-refractivity contribution in [1.82, 2.24) is 0 Å². The van der Waals surface area contributed by atoms with E-state index >= 15 is 0 Å². The van der Waals surface area contributed by atoms with Crippen LogP contribution in [0.5, 0.6) is 11.5 Å². The Morgan fingerprint density at radius 3 is 2.75 bits per heavy atom. The van der Waals surface area contributed by atoms with E-state index < -0.39 is 5.97 Å². The second-order valence-electron chi connectivity index (χ2n) is 5.09. The van der Waals surface area contributed by atoms with Gasteiger partial charge >= 0.3 is 5.97 Å². The largest absolute Gasteiger partial charge is 0.481 e. The quantitative estimate of drug-likeness (QED) is 0.846. The number of rotatable bonds is 5. The number of aliphatic carboxylic acids is 1. The highest BCUT2D eigenvalue weighted by Gasteiger charge is 2.39. The molecule has 0 aromatic heterocycles. The molecule has 1 aromatic rings. The smallest absolute Gasteiger partial charge is 0.303 e. The summed E-state index contributed by atoms with van der Waals surface area (Å²) in [5.74, 6) is 0.0356. The van der Waals surface area contributed by atoms with Crippen molar-refractivity contribution in [2.24, 2.45) is 5.92 Å². The van der Waals surface area contributed by atoms with Gasteiger partial charge in [0.15, 0.2) is 17.8 Å².